The van der Waals surface area contributed by atoms with Crippen molar-refractivity contribution in [2.24, 2.45) is 0 Å². The first-order valence-corrected chi connectivity index (χ1v) is 15.0. The normalized spacial score (nSPS) is 15.1. The van der Waals surface area contributed by atoms with Gasteiger partial charge in [0, 0.05) is 38.4 Å². The molecule has 0 saturated carbocycles. The van der Waals surface area contributed by atoms with Crippen LogP contribution in [0.4, 0.5) is 36.3 Å². The summed E-state index contributed by atoms with van der Waals surface area (Å²) in [5, 5.41) is 5.42. The van der Waals surface area contributed by atoms with Crippen molar-refractivity contribution in [2.45, 2.75) is 31.7 Å². The summed E-state index contributed by atoms with van der Waals surface area (Å²) < 4.78 is 58.7. The Morgan fingerprint density at radius 1 is 1.12 bits per heavy atom. The highest BCUT2D eigenvalue weighted by Crippen LogP contribution is 2.42. The SMILES string of the molecule is COc1cc(CP(=O)(O)O)ccc1Nc1ncc(C(F)(F)F)c(Nc2ccc(C(=O)N3CCCC3)c3c2C(=O)N(C)C3)n1. The summed E-state index contributed by atoms with van der Waals surface area (Å²) >= 11 is 0. The number of nitrogens with one attached hydrogen (secondary N) is 2. The largest absolute Gasteiger partial charge is 0.495 e. The number of hydrogen-bond acceptors (Lipinski definition) is 8. The number of nitrogens with zero attached hydrogens (tertiary/aromatic N) is 4. The van der Waals surface area contributed by atoms with Crippen molar-refractivity contribution >= 4 is 42.6 Å². The van der Waals surface area contributed by atoms with E-state index in [0.29, 0.717) is 30.4 Å². The zero-order valence-corrected chi connectivity index (χ0v) is 24.0. The quantitative estimate of drug-likeness (QED) is 0.265. The van der Waals surface area contributed by atoms with E-state index in [4.69, 9.17) is 4.74 Å². The molecule has 1 fully saturated rings. The predicted molar refractivity (Wildman–Crippen MR) is 150 cm³/mol. The minimum absolute atomic E-state index is 0.0526. The Bertz CT molecular complexity index is 1640. The van der Waals surface area contributed by atoms with Gasteiger partial charge in [0.1, 0.15) is 17.1 Å². The van der Waals surface area contributed by atoms with E-state index in [-0.39, 0.29) is 46.7 Å². The van der Waals surface area contributed by atoms with Crippen LogP contribution >= 0.6 is 7.60 Å². The molecule has 1 saturated heterocycles. The van der Waals surface area contributed by atoms with Crippen molar-refractivity contribution in [3.8, 4) is 5.75 Å². The first-order valence-electron chi connectivity index (χ1n) is 13.2. The predicted octanol–water partition coefficient (Wildman–Crippen LogP) is 4.49. The number of alkyl halides is 3. The summed E-state index contributed by atoms with van der Waals surface area (Å²) in [5.41, 5.74) is 0.220. The number of rotatable bonds is 8. The molecule has 0 bridgehead atoms. The van der Waals surface area contributed by atoms with Crippen LogP contribution in [0.5, 0.6) is 5.75 Å². The zero-order valence-electron chi connectivity index (χ0n) is 23.1. The lowest BCUT2D eigenvalue weighted by atomic mass is 10.00. The molecule has 0 spiro atoms. The van der Waals surface area contributed by atoms with Crippen LogP contribution in [0.2, 0.25) is 0 Å². The fourth-order valence-corrected chi connectivity index (χ4v) is 5.79. The highest BCUT2D eigenvalue weighted by Gasteiger charge is 2.37. The Balaban J connectivity index is 1.51. The van der Waals surface area contributed by atoms with Crippen LogP contribution in [0.15, 0.2) is 36.5 Å². The summed E-state index contributed by atoms with van der Waals surface area (Å²) in [6.45, 7) is 1.32. The van der Waals surface area contributed by atoms with Gasteiger partial charge in [-0.1, -0.05) is 6.07 Å². The van der Waals surface area contributed by atoms with Crippen molar-refractivity contribution in [1.82, 2.24) is 19.8 Å². The lowest BCUT2D eigenvalue weighted by molar-refractivity contribution is -0.137. The average Bonchev–Trinajstić information content (AvgIpc) is 3.57. The summed E-state index contributed by atoms with van der Waals surface area (Å²) in [6, 6.07) is 7.13. The summed E-state index contributed by atoms with van der Waals surface area (Å²) in [7, 11) is -1.49. The Hall–Kier alpha value is -4.20. The number of likely N-dealkylation sites (tertiary alicyclic amines) is 1. The minimum atomic E-state index is -4.85. The molecule has 0 atom stereocenters. The third-order valence-electron chi connectivity index (χ3n) is 7.14. The number of halogens is 3. The van der Waals surface area contributed by atoms with Crippen molar-refractivity contribution in [3.63, 3.8) is 0 Å². The van der Waals surface area contributed by atoms with E-state index in [0.717, 1.165) is 12.8 Å². The summed E-state index contributed by atoms with van der Waals surface area (Å²) in [4.78, 5) is 55.7. The van der Waals surface area contributed by atoms with E-state index in [1.807, 2.05) is 0 Å². The molecule has 16 heteroatoms. The molecule has 0 aliphatic carbocycles. The standard InChI is InChI=1S/C27H28F3N6O6P/c1-35-13-17-16(24(37)36-9-3-4-10-36)6-8-20(22(17)25(35)38)32-23-18(27(28,29)30)12-31-26(34-23)33-19-7-5-15(11-21(19)42-2)14-43(39,40)41/h5-8,11-12H,3-4,9-10,13-14H2,1-2H3,(H2,39,40,41)(H2,31,32,33,34). The van der Waals surface area contributed by atoms with Crippen LogP contribution in [-0.2, 0) is 23.4 Å². The number of ether oxygens (including phenoxy) is 1. The maximum atomic E-state index is 14.0. The lowest BCUT2D eigenvalue weighted by Crippen LogP contribution is -2.28. The minimum Gasteiger partial charge on any atom is -0.495 e. The van der Waals surface area contributed by atoms with Gasteiger partial charge in [-0.3, -0.25) is 14.2 Å². The summed E-state index contributed by atoms with van der Waals surface area (Å²) in [5.74, 6) is -1.42. The van der Waals surface area contributed by atoms with E-state index in [1.165, 1.54) is 42.3 Å². The fourth-order valence-electron chi connectivity index (χ4n) is 5.12. The second kappa shape index (κ2) is 11.5. The molecule has 228 valence electrons. The number of amides is 2. The maximum Gasteiger partial charge on any atom is 0.421 e. The van der Waals surface area contributed by atoms with Gasteiger partial charge in [0.05, 0.1) is 30.2 Å². The maximum absolute atomic E-state index is 14.0. The molecule has 43 heavy (non-hydrogen) atoms. The molecule has 2 aliphatic rings. The Kier molecular flexibility index (Phi) is 8.07. The molecular formula is C27H28F3N6O6P. The molecule has 2 aliphatic heterocycles. The number of aromatic nitrogens is 2. The van der Waals surface area contributed by atoms with Gasteiger partial charge in [0.2, 0.25) is 5.95 Å². The highest BCUT2D eigenvalue weighted by atomic mass is 31.2. The molecular weight excluding hydrogens is 592 g/mol. The number of fused-ring (bicyclic) bond motifs is 1. The van der Waals surface area contributed by atoms with Crippen molar-refractivity contribution in [3.05, 3.63) is 64.3 Å². The number of anilines is 4. The fraction of sp³-hybridized carbons (Fsp3) is 0.333. The van der Waals surface area contributed by atoms with E-state index >= 15 is 0 Å². The van der Waals surface area contributed by atoms with E-state index in [9.17, 15) is 37.1 Å². The number of benzene rings is 2. The molecule has 5 rings (SSSR count). The topological polar surface area (TPSA) is 157 Å². The first kappa shape index (κ1) is 30.3. The van der Waals surface area contributed by atoms with Gasteiger partial charge < -0.3 is 35.0 Å². The van der Waals surface area contributed by atoms with Crippen molar-refractivity contribution in [1.29, 1.82) is 0 Å². The third kappa shape index (κ3) is 6.43. The van der Waals surface area contributed by atoms with Crippen LogP contribution in [0.25, 0.3) is 0 Å². The molecule has 0 radical (unpaired) electrons. The third-order valence-corrected chi connectivity index (χ3v) is 7.92. The van der Waals surface area contributed by atoms with Gasteiger partial charge in [0.15, 0.2) is 0 Å². The molecule has 1 aromatic heterocycles. The second-order valence-electron chi connectivity index (χ2n) is 10.2. The van der Waals surface area contributed by atoms with E-state index in [2.05, 4.69) is 20.6 Å². The Morgan fingerprint density at radius 3 is 2.47 bits per heavy atom. The van der Waals surface area contributed by atoms with Gasteiger partial charge in [-0.15, -0.1) is 0 Å². The van der Waals surface area contributed by atoms with E-state index < -0.39 is 37.2 Å². The average molecular weight is 621 g/mol. The van der Waals surface area contributed by atoms with Crippen molar-refractivity contribution < 1.29 is 41.8 Å². The highest BCUT2D eigenvalue weighted by molar-refractivity contribution is 7.50. The van der Waals surface area contributed by atoms with Crippen LogP contribution in [0.1, 0.15) is 50.2 Å². The van der Waals surface area contributed by atoms with Gasteiger partial charge in [-0.2, -0.15) is 18.2 Å². The molecule has 2 amide bonds. The van der Waals surface area contributed by atoms with E-state index in [1.54, 1.807) is 11.9 Å². The van der Waals surface area contributed by atoms with Crippen LogP contribution < -0.4 is 15.4 Å². The molecule has 2 aromatic carbocycles. The molecule has 4 N–H and O–H groups in total. The lowest BCUT2D eigenvalue weighted by Gasteiger charge is -2.19. The zero-order chi connectivity index (χ0) is 31.1. The van der Waals surface area contributed by atoms with Crippen LogP contribution in [0, 0.1) is 0 Å². The number of carbonyl (C=O) groups is 2. The molecule has 0 unspecified atom stereocenters. The Labute approximate surface area is 244 Å². The van der Waals surface area contributed by atoms with Gasteiger partial charge in [-0.05, 0) is 48.2 Å². The van der Waals surface area contributed by atoms with Gasteiger partial charge in [0.25, 0.3) is 11.8 Å². The van der Waals surface area contributed by atoms with Gasteiger partial charge in [-0.25, -0.2) is 4.98 Å². The van der Waals surface area contributed by atoms with Crippen molar-refractivity contribution in [2.75, 3.05) is 37.9 Å². The first-order chi connectivity index (χ1) is 20.2. The molecule has 12 nitrogen and oxygen atoms in total. The molecule has 3 aromatic rings. The Morgan fingerprint density at radius 2 is 1.81 bits per heavy atom. The summed E-state index contributed by atoms with van der Waals surface area (Å²) in [6.07, 6.45) is -3.04. The second-order valence-corrected chi connectivity index (χ2v) is 11.9. The monoisotopic (exact) mass is 620 g/mol. The number of methoxy groups -OCH3 is 1. The van der Waals surface area contributed by atoms with Crippen LogP contribution in [0.3, 0.4) is 0 Å². The van der Waals surface area contributed by atoms with Gasteiger partial charge >= 0.3 is 13.8 Å². The number of carbonyl (C=O) groups excluding carboxylic acids is 2. The smallest absolute Gasteiger partial charge is 0.421 e. The number of hydrogen-bond donors (Lipinski definition) is 4. The molecule has 3 heterocycles. The van der Waals surface area contributed by atoms with Crippen LogP contribution in [-0.4, -0.2) is 68.6 Å².